The summed E-state index contributed by atoms with van der Waals surface area (Å²) in [6.45, 7) is 2.87. The fraction of sp³-hybridized carbons (Fsp3) is 0.467. The summed E-state index contributed by atoms with van der Waals surface area (Å²) >= 11 is 12.3. The Labute approximate surface area is 139 Å². The molecule has 0 aliphatic carbocycles. The van der Waals surface area contributed by atoms with Crippen molar-refractivity contribution in [2.75, 3.05) is 13.1 Å². The van der Waals surface area contributed by atoms with Crippen LogP contribution in [0.1, 0.15) is 18.4 Å². The van der Waals surface area contributed by atoms with Crippen LogP contribution in [-0.2, 0) is 13.1 Å². The zero-order valence-electron chi connectivity index (χ0n) is 12.1. The van der Waals surface area contributed by atoms with E-state index in [0.717, 1.165) is 18.7 Å². The van der Waals surface area contributed by atoms with E-state index in [4.69, 9.17) is 23.2 Å². The smallest absolute Gasteiger partial charge is 0.0946 e. The summed E-state index contributed by atoms with van der Waals surface area (Å²) < 4.78 is 1.92. The summed E-state index contributed by atoms with van der Waals surface area (Å²) in [6, 6.07) is 0. The van der Waals surface area contributed by atoms with E-state index < -0.39 is 5.60 Å². The standard InChI is InChI=1S/C15H18Cl2N4O/c16-13-7-19-8-14(17)12(13)9-20-4-1-15(22,2-5-20)10-21-6-3-18-11-21/h3,6-8,11,22H,1-2,4-5,9-10H2. The van der Waals surface area contributed by atoms with Gasteiger partial charge in [-0.3, -0.25) is 9.88 Å². The third kappa shape index (κ3) is 3.60. The molecule has 2 aromatic rings. The van der Waals surface area contributed by atoms with Crippen molar-refractivity contribution in [2.45, 2.75) is 31.5 Å². The zero-order chi connectivity index (χ0) is 15.6. The Morgan fingerprint density at radius 1 is 1.14 bits per heavy atom. The van der Waals surface area contributed by atoms with Crippen molar-refractivity contribution >= 4 is 23.2 Å². The number of pyridine rings is 1. The maximum atomic E-state index is 10.7. The van der Waals surface area contributed by atoms with Crippen LogP contribution in [0.3, 0.4) is 0 Å². The van der Waals surface area contributed by atoms with Gasteiger partial charge in [0, 0.05) is 50.0 Å². The molecule has 0 amide bonds. The van der Waals surface area contributed by atoms with Gasteiger partial charge in [-0.25, -0.2) is 4.98 Å². The fourth-order valence-corrected chi connectivity index (χ4v) is 3.30. The SMILES string of the molecule is OC1(Cn2ccnc2)CCN(Cc2c(Cl)cncc2Cl)CC1. The average molecular weight is 341 g/mol. The van der Waals surface area contributed by atoms with Crippen molar-refractivity contribution in [3.63, 3.8) is 0 Å². The van der Waals surface area contributed by atoms with Gasteiger partial charge in [0.25, 0.3) is 0 Å². The van der Waals surface area contributed by atoms with Crippen molar-refractivity contribution in [2.24, 2.45) is 0 Å². The van der Waals surface area contributed by atoms with E-state index >= 15 is 0 Å². The first-order chi connectivity index (χ1) is 10.6. The first kappa shape index (κ1) is 15.7. The number of hydrogen-bond donors (Lipinski definition) is 1. The molecular weight excluding hydrogens is 323 g/mol. The molecule has 1 N–H and O–H groups in total. The Morgan fingerprint density at radius 2 is 1.82 bits per heavy atom. The first-order valence-electron chi connectivity index (χ1n) is 7.24. The molecule has 1 saturated heterocycles. The number of aliphatic hydroxyl groups is 1. The summed E-state index contributed by atoms with van der Waals surface area (Å²) in [5.74, 6) is 0. The van der Waals surface area contributed by atoms with Gasteiger partial charge in [0.1, 0.15) is 0 Å². The van der Waals surface area contributed by atoms with Crippen LogP contribution in [0.5, 0.6) is 0 Å². The second-order valence-corrected chi connectivity index (χ2v) is 6.63. The van der Waals surface area contributed by atoms with E-state index in [1.807, 2.05) is 10.8 Å². The molecule has 0 unspecified atom stereocenters. The predicted molar refractivity (Wildman–Crippen MR) is 85.9 cm³/mol. The van der Waals surface area contributed by atoms with Gasteiger partial charge in [-0.1, -0.05) is 23.2 Å². The first-order valence-corrected chi connectivity index (χ1v) is 8.00. The van der Waals surface area contributed by atoms with Crippen molar-refractivity contribution in [1.29, 1.82) is 0 Å². The number of piperidine rings is 1. The van der Waals surface area contributed by atoms with Crippen LogP contribution in [0.4, 0.5) is 0 Å². The highest BCUT2D eigenvalue weighted by atomic mass is 35.5. The van der Waals surface area contributed by atoms with Gasteiger partial charge in [0.15, 0.2) is 0 Å². The lowest BCUT2D eigenvalue weighted by Gasteiger charge is -2.38. The number of aromatic nitrogens is 3. The Kier molecular flexibility index (Phi) is 4.68. The normalized spacial score (nSPS) is 18.5. The van der Waals surface area contributed by atoms with Crippen molar-refractivity contribution in [3.8, 4) is 0 Å². The highest BCUT2D eigenvalue weighted by molar-refractivity contribution is 6.35. The molecule has 7 heteroatoms. The highest BCUT2D eigenvalue weighted by Gasteiger charge is 2.32. The van der Waals surface area contributed by atoms with Crippen LogP contribution >= 0.6 is 23.2 Å². The number of hydrogen-bond acceptors (Lipinski definition) is 4. The molecule has 0 atom stereocenters. The molecule has 1 aliphatic heterocycles. The molecule has 2 aromatic heterocycles. The van der Waals surface area contributed by atoms with Crippen LogP contribution in [0, 0.1) is 0 Å². The molecule has 1 aliphatic rings. The number of halogens is 2. The quantitative estimate of drug-likeness (QED) is 0.929. The Balaban J connectivity index is 1.60. The summed E-state index contributed by atoms with van der Waals surface area (Å²) in [4.78, 5) is 10.2. The lowest BCUT2D eigenvalue weighted by Crippen LogP contribution is -2.46. The van der Waals surface area contributed by atoms with E-state index in [1.54, 1.807) is 24.9 Å². The van der Waals surface area contributed by atoms with Crippen molar-refractivity contribution < 1.29 is 5.11 Å². The number of imidazole rings is 1. The third-order valence-electron chi connectivity index (χ3n) is 4.16. The minimum absolute atomic E-state index is 0.581. The Hall–Kier alpha value is -1.14. The second kappa shape index (κ2) is 6.54. The fourth-order valence-electron chi connectivity index (χ4n) is 2.82. The van der Waals surface area contributed by atoms with Crippen LogP contribution < -0.4 is 0 Å². The van der Waals surface area contributed by atoms with Crippen LogP contribution in [-0.4, -0.2) is 43.2 Å². The molecule has 5 nitrogen and oxygen atoms in total. The summed E-state index contributed by atoms with van der Waals surface area (Å²) in [6.07, 6.45) is 9.99. The number of rotatable bonds is 4. The molecule has 1 fully saturated rings. The number of nitrogens with zero attached hydrogens (tertiary/aromatic N) is 4. The van der Waals surface area contributed by atoms with E-state index in [9.17, 15) is 5.11 Å². The minimum atomic E-state index is -0.678. The van der Waals surface area contributed by atoms with Crippen molar-refractivity contribution in [3.05, 3.63) is 46.7 Å². The topological polar surface area (TPSA) is 54.2 Å². The Bertz CT molecular complexity index is 604. The lowest BCUT2D eigenvalue weighted by molar-refractivity contribution is -0.0357. The Morgan fingerprint density at radius 3 is 2.41 bits per heavy atom. The van der Waals surface area contributed by atoms with E-state index in [0.29, 0.717) is 36.0 Å². The predicted octanol–water partition coefficient (Wildman–Crippen LogP) is 2.61. The van der Waals surface area contributed by atoms with Gasteiger partial charge in [0.05, 0.1) is 28.5 Å². The monoisotopic (exact) mass is 340 g/mol. The summed E-state index contributed by atoms with van der Waals surface area (Å²) in [7, 11) is 0. The van der Waals surface area contributed by atoms with E-state index in [1.165, 1.54) is 0 Å². The molecule has 0 saturated carbocycles. The second-order valence-electron chi connectivity index (χ2n) is 5.82. The zero-order valence-corrected chi connectivity index (χ0v) is 13.6. The van der Waals surface area contributed by atoms with Crippen LogP contribution in [0.25, 0.3) is 0 Å². The maximum absolute atomic E-state index is 10.7. The third-order valence-corrected chi connectivity index (χ3v) is 4.81. The highest BCUT2D eigenvalue weighted by Crippen LogP contribution is 2.29. The summed E-state index contributed by atoms with van der Waals surface area (Å²) in [5.41, 5.74) is 0.224. The molecule has 0 bridgehead atoms. The average Bonchev–Trinajstić information content (AvgIpc) is 2.98. The van der Waals surface area contributed by atoms with E-state index in [-0.39, 0.29) is 0 Å². The van der Waals surface area contributed by atoms with Gasteiger partial charge in [-0.2, -0.15) is 0 Å². The molecule has 118 valence electrons. The number of likely N-dealkylation sites (tertiary alicyclic amines) is 1. The molecule has 22 heavy (non-hydrogen) atoms. The molecule has 3 heterocycles. The van der Waals surface area contributed by atoms with Gasteiger partial charge < -0.3 is 9.67 Å². The minimum Gasteiger partial charge on any atom is -0.388 e. The van der Waals surface area contributed by atoms with Gasteiger partial charge in [-0.05, 0) is 12.8 Å². The van der Waals surface area contributed by atoms with Gasteiger partial charge in [0.2, 0.25) is 0 Å². The van der Waals surface area contributed by atoms with Crippen molar-refractivity contribution in [1.82, 2.24) is 19.4 Å². The largest absolute Gasteiger partial charge is 0.388 e. The van der Waals surface area contributed by atoms with Crippen LogP contribution in [0.15, 0.2) is 31.1 Å². The maximum Gasteiger partial charge on any atom is 0.0946 e. The summed E-state index contributed by atoms with van der Waals surface area (Å²) in [5, 5.41) is 11.9. The molecule has 0 aromatic carbocycles. The molecule has 0 radical (unpaired) electrons. The lowest BCUT2D eigenvalue weighted by atomic mass is 9.91. The molecule has 3 rings (SSSR count). The van der Waals surface area contributed by atoms with Crippen LogP contribution in [0.2, 0.25) is 10.0 Å². The van der Waals surface area contributed by atoms with Gasteiger partial charge >= 0.3 is 0 Å². The van der Waals surface area contributed by atoms with Gasteiger partial charge in [-0.15, -0.1) is 0 Å². The van der Waals surface area contributed by atoms with E-state index in [2.05, 4.69) is 14.9 Å². The molecule has 0 spiro atoms. The molecular formula is C15H18Cl2N4O.